The summed E-state index contributed by atoms with van der Waals surface area (Å²) < 4.78 is 0. The first-order valence-corrected chi connectivity index (χ1v) is 17.8. The van der Waals surface area contributed by atoms with Crippen LogP contribution in [-0.4, -0.2) is 57.1 Å². The van der Waals surface area contributed by atoms with E-state index in [1.54, 1.807) is 42.5 Å². The fraction of sp³-hybridized carbons (Fsp3) is 0.605. The number of benzene rings is 2. The van der Waals surface area contributed by atoms with Crippen LogP contribution in [0.25, 0.3) is 11.1 Å². The molecule has 0 aliphatic heterocycles. The highest BCUT2D eigenvalue weighted by molar-refractivity contribution is 5.83. The summed E-state index contributed by atoms with van der Waals surface area (Å²) in [5, 5.41) is 32.6. The Morgan fingerprint density at radius 3 is 1.65 bits per heavy atom. The monoisotopic (exact) mass is 682 g/mol. The average Bonchev–Trinajstić information content (AvgIpc) is 3.12. The Balaban J connectivity index is -0.000000256. The van der Waals surface area contributed by atoms with Crippen LogP contribution in [0.1, 0.15) is 129 Å². The first-order valence-electron chi connectivity index (χ1n) is 17.8. The van der Waals surface area contributed by atoms with Crippen LogP contribution >= 0.6 is 0 Å². The molecule has 280 valence electrons. The van der Waals surface area contributed by atoms with Crippen LogP contribution < -0.4 is 5.32 Å². The van der Waals surface area contributed by atoms with E-state index in [1.807, 2.05) is 96.9 Å². The number of urea groups is 1. The molecule has 3 N–H and O–H groups in total. The average molecular weight is 682 g/mol. The van der Waals surface area contributed by atoms with Gasteiger partial charge in [0.05, 0.1) is 16.9 Å². The predicted octanol–water partition coefficient (Wildman–Crippen LogP) is 11.0. The molecule has 0 spiro atoms. The molecule has 0 unspecified atom stereocenters. The number of carbonyl (C=O) groups is 3. The second kappa shape index (κ2) is 41.1. The summed E-state index contributed by atoms with van der Waals surface area (Å²) in [6, 6.07) is 11.2. The highest BCUT2D eigenvalue weighted by Gasteiger charge is 2.26. The van der Waals surface area contributed by atoms with Crippen molar-refractivity contribution in [2.45, 2.75) is 136 Å². The summed E-state index contributed by atoms with van der Waals surface area (Å²) in [7, 11) is 0. The summed E-state index contributed by atoms with van der Waals surface area (Å²) in [5.74, 6) is -2.33. The molecule has 10 heteroatoms. The van der Waals surface area contributed by atoms with Gasteiger partial charge < -0.3 is 20.4 Å². The normalized spacial score (nSPS) is 9.10. The van der Waals surface area contributed by atoms with Gasteiger partial charge in [-0.05, 0) is 23.1 Å². The van der Waals surface area contributed by atoms with E-state index in [-0.39, 0.29) is 37.5 Å². The number of nitro groups is 1. The molecule has 1 atom stereocenters. The van der Waals surface area contributed by atoms with Crippen molar-refractivity contribution >= 4 is 23.7 Å². The zero-order valence-corrected chi connectivity index (χ0v) is 33.1. The van der Waals surface area contributed by atoms with Crippen LogP contribution in [0.3, 0.4) is 0 Å². The number of hydrogen-bond acceptors (Lipinski definition) is 5. The number of aliphatic carboxylic acids is 2. The second-order valence-corrected chi connectivity index (χ2v) is 8.71. The van der Waals surface area contributed by atoms with Crippen molar-refractivity contribution in [2.75, 3.05) is 13.1 Å². The number of nitrogens with zero attached hydrogens (tertiary/aromatic N) is 2. The zero-order chi connectivity index (χ0) is 39.3. The Morgan fingerprint density at radius 1 is 0.812 bits per heavy atom. The lowest BCUT2D eigenvalue weighted by atomic mass is 9.98. The van der Waals surface area contributed by atoms with Gasteiger partial charge in [-0.25, -0.2) is 9.59 Å². The maximum absolute atomic E-state index is 12.7. The Labute approximate surface area is 293 Å². The van der Waals surface area contributed by atoms with E-state index in [2.05, 4.69) is 19.2 Å². The topological polar surface area (TPSA) is 150 Å². The number of carbonyl (C=O) groups excluding carboxylic acids is 1. The van der Waals surface area contributed by atoms with E-state index in [9.17, 15) is 29.6 Å². The highest BCUT2D eigenvalue weighted by atomic mass is 16.6. The summed E-state index contributed by atoms with van der Waals surface area (Å²) >= 11 is 0. The summed E-state index contributed by atoms with van der Waals surface area (Å²) in [6.07, 6.45) is 0.802. The van der Waals surface area contributed by atoms with Crippen molar-refractivity contribution in [3.63, 3.8) is 0 Å². The number of hydrogen-bond donors (Lipinski definition) is 3. The quantitative estimate of drug-likeness (QED) is 0.158. The molecule has 2 aromatic rings. The molecule has 2 amide bonds. The van der Waals surface area contributed by atoms with Crippen molar-refractivity contribution in [1.82, 2.24) is 10.2 Å². The van der Waals surface area contributed by atoms with Crippen LogP contribution in [-0.2, 0) is 16.0 Å². The largest absolute Gasteiger partial charge is 0.481 e. The van der Waals surface area contributed by atoms with Gasteiger partial charge in [0.2, 0.25) is 0 Å². The molecule has 0 heterocycles. The molecule has 0 aliphatic rings. The van der Waals surface area contributed by atoms with Crippen LogP contribution in [0.5, 0.6) is 0 Å². The minimum absolute atomic E-state index is 0.0426. The lowest BCUT2D eigenvalue weighted by Crippen LogP contribution is -2.50. The fourth-order valence-corrected chi connectivity index (χ4v) is 3.34. The summed E-state index contributed by atoms with van der Waals surface area (Å²) in [4.78, 5) is 47.7. The molecule has 0 bridgehead atoms. The van der Waals surface area contributed by atoms with Crippen molar-refractivity contribution in [2.24, 2.45) is 5.92 Å². The summed E-state index contributed by atoms with van der Waals surface area (Å²) in [6.45, 7) is 32.1. The molecule has 0 saturated carbocycles. The number of nitro benzene ring substituents is 1. The van der Waals surface area contributed by atoms with Gasteiger partial charge in [0, 0.05) is 25.6 Å². The van der Waals surface area contributed by atoms with Crippen molar-refractivity contribution in [3.05, 3.63) is 64.2 Å². The van der Waals surface area contributed by atoms with Crippen LogP contribution in [0.2, 0.25) is 0 Å². The van der Waals surface area contributed by atoms with Crippen LogP contribution in [0, 0.1) is 16.0 Å². The van der Waals surface area contributed by atoms with Crippen molar-refractivity contribution in [1.29, 1.82) is 0 Å². The SMILES string of the molecule is CC.CC.CC.CC.CC.CC.CC(C)CN(CCC(=O)O)C(=O)N[C@@H](Cc1ccc(-c2ccccc2)c([N+](=O)[O-])c1)C(=O)O.CCC. The lowest BCUT2D eigenvalue weighted by molar-refractivity contribution is -0.384. The molecule has 0 aliphatic carbocycles. The third-order valence-corrected chi connectivity index (χ3v) is 4.85. The van der Waals surface area contributed by atoms with Crippen LogP contribution in [0.4, 0.5) is 10.5 Å². The van der Waals surface area contributed by atoms with Gasteiger partial charge in [0.15, 0.2) is 0 Å². The maximum atomic E-state index is 12.7. The van der Waals surface area contributed by atoms with E-state index in [4.69, 9.17) is 5.11 Å². The van der Waals surface area contributed by atoms with E-state index in [0.29, 0.717) is 16.7 Å². The number of nitrogens with one attached hydrogen (secondary N) is 1. The van der Waals surface area contributed by atoms with Gasteiger partial charge in [0.25, 0.3) is 5.69 Å². The molecular weight excluding hydrogens is 610 g/mol. The smallest absolute Gasteiger partial charge is 0.326 e. The molecule has 0 saturated heterocycles. The molecule has 2 rings (SSSR count). The Hall–Kier alpha value is -3.95. The minimum atomic E-state index is -1.35. The standard InChI is InChI=1S/C23H27N3O7.C3H8.6C2H6/c1-15(2)14-25(11-10-21(27)28)23(31)24-19(22(29)30)12-16-8-9-18(20(13-16)26(32)33)17-6-4-3-5-7-17;1-3-2;6*1-2/h3-9,13,15,19H,10-12,14H2,1-2H3,(H,24,31)(H,27,28)(H,29,30);3H2,1-2H3;6*1-2H3/t19-;;;;;;;/m0......./s1. The lowest BCUT2D eigenvalue weighted by Gasteiger charge is -2.26. The van der Waals surface area contributed by atoms with Crippen molar-refractivity contribution < 1.29 is 29.5 Å². The first kappa shape index (κ1) is 56.4. The molecule has 0 radical (unpaired) electrons. The molecule has 48 heavy (non-hydrogen) atoms. The van der Waals surface area contributed by atoms with E-state index < -0.39 is 28.9 Å². The third-order valence-electron chi connectivity index (χ3n) is 4.85. The first-order chi connectivity index (χ1) is 23.0. The third kappa shape index (κ3) is 28.3. The van der Waals surface area contributed by atoms with Gasteiger partial charge in [-0.15, -0.1) is 0 Å². The number of carboxylic acid groups (broad SMARTS) is 2. The molecule has 0 aromatic heterocycles. The maximum Gasteiger partial charge on any atom is 0.326 e. The number of carboxylic acids is 2. The van der Waals surface area contributed by atoms with E-state index in [1.165, 1.54) is 17.4 Å². The number of amides is 2. The fourth-order valence-electron chi connectivity index (χ4n) is 3.34. The van der Waals surface area contributed by atoms with Gasteiger partial charge >= 0.3 is 18.0 Å². The molecular formula is C38H71N3O7. The van der Waals surface area contributed by atoms with Crippen molar-refractivity contribution in [3.8, 4) is 11.1 Å². The van der Waals surface area contributed by atoms with Gasteiger partial charge in [-0.3, -0.25) is 14.9 Å². The summed E-state index contributed by atoms with van der Waals surface area (Å²) in [5.41, 5.74) is 1.26. The van der Waals surface area contributed by atoms with E-state index in [0.717, 1.165) is 0 Å². The van der Waals surface area contributed by atoms with E-state index >= 15 is 0 Å². The molecule has 2 aromatic carbocycles. The predicted molar refractivity (Wildman–Crippen MR) is 205 cm³/mol. The molecule has 0 fully saturated rings. The Kier molecular flexibility index (Phi) is 48.3. The van der Waals surface area contributed by atoms with Gasteiger partial charge in [0.1, 0.15) is 6.04 Å². The minimum Gasteiger partial charge on any atom is -0.481 e. The van der Waals surface area contributed by atoms with Gasteiger partial charge in [-0.1, -0.05) is 154 Å². The molecule has 10 nitrogen and oxygen atoms in total. The highest BCUT2D eigenvalue weighted by Crippen LogP contribution is 2.31. The zero-order valence-electron chi connectivity index (χ0n) is 33.1. The Morgan fingerprint density at radius 2 is 1.27 bits per heavy atom. The van der Waals surface area contributed by atoms with Gasteiger partial charge in [-0.2, -0.15) is 0 Å². The van der Waals surface area contributed by atoms with Crippen LogP contribution in [0.15, 0.2) is 48.5 Å². The Bertz CT molecular complexity index is 1030. The number of rotatable bonds is 11. The second-order valence-electron chi connectivity index (χ2n) is 8.71.